The van der Waals surface area contributed by atoms with Crippen molar-refractivity contribution >= 4 is 39.0 Å². The van der Waals surface area contributed by atoms with Crippen molar-refractivity contribution in [2.75, 3.05) is 11.9 Å². The number of rotatable bonds is 4. The van der Waals surface area contributed by atoms with Crippen LogP contribution in [0.5, 0.6) is 0 Å². The van der Waals surface area contributed by atoms with Crippen molar-refractivity contribution in [1.82, 2.24) is 9.61 Å². The number of halogens is 1. The molecule has 1 amide bonds. The van der Waals surface area contributed by atoms with Gasteiger partial charge in [0.05, 0.1) is 18.3 Å². The molecule has 3 aromatic rings. The number of aromatic nitrogens is 2. The maximum Gasteiger partial charge on any atom is 0.341 e. The zero-order valence-electron chi connectivity index (χ0n) is 12.1. The van der Waals surface area contributed by atoms with E-state index in [1.165, 1.54) is 10.7 Å². The Labute approximate surface area is 139 Å². The fraction of sp³-hybridized carbons (Fsp3) is 0.133. The Hall–Kier alpha value is -2.61. The Morgan fingerprint density at radius 2 is 2.22 bits per heavy atom. The highest BCUT2D eigenvalue weighted by Gasteiger charge is 2.15. The lowest BCUT2D eigenvalue weighted by Gasteiger charge is -2.05. The number of esters is 1. The predicted octanol–water partition coefficient (Wildman–Crippen LogP) is 3.12. The second-order valence-corrected chi connectivity index (χ2v) is 5.36. The molecule has 3 rings (SSSR count). The largest absolute Gasteiger partial charge is 0.462 e. The van der Waals surface area contributed by atoms with Gasteiger partial charge >= 0.3 is 5.97 Å². The average molecular weight is 378 g/mol. The summed E-state index contributed by atoms with van der Waals surface area (Å²) in [6.45, 7) is 2.01. The van der Waals surface area contributed by atoms with E-state index >= 15 is 0 Å². The molecule has 1 N–H and O–H groups in total. The molecule has 23 heavy (non-hydrogen) atoms. The van der Waals surface area contributed by atoms with Gasteiger partial charge in [0.2, 0.25) is 0 Å². The summed E-state index contributed by atoms with van der Waals surface area (Å²) in [6.07, 6.45) is 3.08. The van der Waals surface area contributed by atoms with Crippen molar-refractivity contribution in [1.29, 1.82) is 0 Å². The smallest absolute Gasteiger partial charge is 0.341 e. The number of fused-ring (bicyclic) bond motifs is 1. The zero-order chi connectivity index (χ0) is 16.4. The molecule has 8 heteroatoms. The fourth-order valence-electron chi connectivity index (χ4n) is 2.05. The maximum absolute atomic E-state index is 12.1. The van der Waals surface area contributed by atoms with Gasteiger partial charge in [0.25, 0.3) is 5.91 Å². The van der Waals surface area contributed by atoms with Gasteiger partial charge in [-0.1, -0.05) is 0 Å². The van der Waals surface area contributed by atoms with Crippen molar-refractivity contribution in [2.45, 2.75) is 6.92 Å². The molecule has 0 aliphatic carbocycles. The second kappa shape index (κ2) is 6.25. The van der Waals surface area contributed by atoms with E-state index in [4.69, 9.17) is 9.15 Å². The van der Waals surface area contributed by atoms with E-state index in [-0.39, 0.29) is 12.4 Å². The summed E-state index contributed by atoms with van der Waals surface area (Å²) in [7, 11) is 0. The molecule has 3 aromatic heterocycles. The van der Waals surface area contributed by atoms with E-state index in [0.717, 1.165) is 0 Å². The Morgan fingerprint density at radius 1 is 1.39 bits per heavy atom. The number of amides is 1. The van der Waals surface area contributed by atoms with Gasteiger partial charge in [-0.15, -0.1) is 0 Å². The van der Waals surface area contributed by atoms with Gasteiger partial charge in [0, 0.05) is 11.9 Å². The van der Waals surface area contributed by atoms with Crippen LogP contribution in [0.4, 0.5) is 5.69 Å². The number of carbonyl (C=O) groups is 2. The van der Waals surface area contributed by atoms with Crippen LogP contribution in [0.1, 0.15) is 27.8 Å². The summed E-state index contributed by atoms with van der Waals surface area (Å²) in [4.78, 5) is 24.0. The molecule has 0 spiro atoms. The molecular formula is C15H12BrN3O4. The van der Waals surface area contributed by atoms with Gasteiger partial charge in [-0.3, -0.25) is 4.79 Å². The van der Waals surface area contributed by atoms with E-state index in [2.05, 4.69) is 26.3 Å². The Balaban J connectivity index is 1.88. The predicted molar refractivity (Wildman–Crippen MR) is 85.5 cm³/mol. The quantitative estimate of drug-likeness (QED) is 0.705. The van der Waals surface area contributed by atoms with Crippen molar-refractivity contribution in [3.05, 3.63) is 52.7 Å². The number of anilines is 1. The number of hydrogen-bond donors (Lipinski definition) is 1. The summed E-state index contributed by atoms with van der Waals surface area (Å²) < 4.78 is 12.2. The van der Waals surface area contributed by atoms with E-state index in [1.54, 1.807) is 37.4 Å². The van der Waals surface area contributed by atoms with Crippen molar-refractivity contribution in [3.8, 4) is 0 Å². The van der Waals surface area contributed by atoms with Crippen LogP contribution in [0.2, 0.25) is 0 Å². The third-order valence-electron chi connectivity index (χ3n) is 3.07. The van der Waals surface area contributed by atoms with Crippen LogP contribution in [0.15, 0.2) is 45.7 Å². The lowest BCUT2D eigenvalue weighted by Crippen LogP contribution is -2.11. The van der Waals surface area contributed by atoms with Gasteiger partial charge in [0.1, 0.15) is 5.56 Å². The number of ether oxygens (including phenoxy) is 1. The minimum absolute atomic E-state index is 0.177. The number of nitrogens with zero attached hydrogens (tertiary/aromatic N) is 2. The third-order valence-corrected chi connectivity index (χ3v) is 3.50. The lowest BCUT2D eigenvalue weighted by molar-refractivity contribution is 0.0528. The van der Waals surface area contributed by atoms with Crippen molar-refractivity contribution in [3.63, 3.8) is 0 Å². The molecule has 0 aliphatic rings. The molecule has 0 unspecified atom stereocenters. The average Bonchev–Trinajstić information content (AvgIpc) is 3.13. The Kier molecular flexibility index (Phi) is 4.16. The molecule has 0 bridgehead atoms. The van der Waals surface area contributed by atoms with Gasteiger partial charge in [-0.05, 0) is 47.1 Å². The minimum Gasteiger partial charge on any atom is -0.462 e. The minimum atomic E-state index is -0.457. The number of nitrogens with one attached hydrogen (secondary N) is 1. The molecular weight excluding hydrogens is 366 g/mol. The third kappa shape index (κ3) is 3.11. The highest BCUT2D eigenvalue weighted by atomic mass is 79.9. The fourth-order valence-corrected chi connectivity index (χ4v) is 2.36. The monoisotopic (exact) mass is 377 g/mol. The van der Waals surface area contributed by atoms with E-state index in [0.29, 0.717) is 21.4 Å². The summed E-state index contributed by atoms with van der Waals surface area (Å²) in [5.41, 5.74) is 1.40. The summed E-state index contributed by atoms with van der Waals surface area (Å²) in [5, 5.41) is 6.79. The first-order valence-corrected chi connectivity index (χ1v) is 7.59. The first-order chi connectivity index (χ1) is 11.1. The maximum atomic E-state index is 12.1. The molecule has 0 aromatic carbocycles. The standard InChI is InChI=1S/C15H12BrN3O4/c1-2-22-15(21)10-8-17-19-6-5-9(7-11(10)19)18-14(20)12-3-4-13(16)23-12/h3-8H,2H2,1H3,(H,18,20). The Bertz CT molecular complexity index is 884. The van der Waals surface area contributed by atoms with Crippen LogP contribution in [0, 0.1) is 0 Å². The van der Waals surface area contributed by atoms with E-state index in [1.807, 2.05) is 0 Å². The highest BCUT2D eigenvalue weighted by molar-refractivity contribution is 9.10. The van der Waals surface area contributed by atoms with Crippen LogP contribution in [-0.4, -0.2) is 28.1 Å². The van der Waals surface area contributed by atoms with Crippen LogP contribution in [0.25, 0.3) is 5.52 Å². The normalized spacial score (nSPS) is 10.7. The summed E-state index contributed by atoms with van der Waals surface area (Å²) >= 11 is 3.14. The van der Waals surface area contributed by atoms with Gasteiger partial charge in [-0.25, -0.2) is 9.31 Å². The van der Waals surface area contributed by atoms with Crippen LogP contribution >= 0.6 is 15.9 Å². The first kappa shape index (κ1) is 15.3. The number of furan rings is 1. The molecule has 118 valence electrons. The van der Waals surface area contributed by atoms with Crippen LogP contribution in [0.3, 0.4) is 0 Å². The van der Waals surface area contributed by atoms with Crippen LogP contribution < -0.4 is 5.32 Å². The Morgan fingerprint density at radius 3 is 2.91 bits per heavy atom. The lowest BCUT2D eigenvalue weighted by atomic mass is 10.2. The number of carbonyl (C=O) groups excluding carboxylic acids is 2. The highest BCUT2D eigenvalue weighted by Crippen LogP contribution is 2.19. The van der Waals surface area contributed by atoms with Crippen molar-refractivity contribution in [2.24, 2.45) is 0 Å². The molecule has 0 atom stereocenters. The van der Waals surface area contributed by atoms with Crippen molar-refractivity contribution < 1.29 is 18.7 Å². The van der Waals surface area contributed by atoms with Gasteiger partial charge in [-0.2, -0.15) is 5.10 Å². The number of hydrogen-bond acceptors (Lipinski definition) is 5. The molecule has 7 nitrogen and oxygen atoms in total. The van der Waals surface area contributed by atoms with Gasteiger partial charge < -0.3 is 14.5 Å². The molecule has 3 heterocycles. The van der Waals surface area contributed by atoms with Crippen LogP contribution in [-0.2, 0) is 4.74 Å². The van der Waals surface area contributed by atoms with E-state index in [9.17, 15) is 9.59 Å². The summed E-state index contributed by atoms with van der Waals surface area (Å²) in [6, 6.07) is 6.51. The molecule has 0 radical (unpaired) electrons. The second-order valence-electron chi connectivity index (χ2n) is 4.58. The SMILES string of the molecule is CCOC(=O)c1cnn2ccc(NC(=O)c3ccc(Br)o3)cc12. The molecule has 0 saturated heterocycles. The number of pyridine rings is 1. The topological polar surface area (TPSA) is 85.8 Å². The summed E-state index contributed by atoms with van der Waals surface area (Å²) in [5.74, 6) is -0.672. The molecule has 0 saturated carbocycles. The molecule has 0 aliphatic heterocycles. The first-order valence-electron chi connectivity index (χ1n) is 6.79. The van der Waals surface area contributed by atoms with E-state index < -0.39 is 11.9 Å². The molecule has 0 fully saturated rings. The zero-order valence-corrected chi connectivity index (χ0v) is 13.7. The van der Waals surface area contributed by atoms with Gasteiger partial charge in [0.15, 0.2) is 10.4 Å².